The third-order valence-electron chi connectivity index (χ3n) is 3.42. The van der Waals surface area contributed by atoms with Gasteiger partial charge in [0, 0.05) is 17.5 Å². The predicted octanol–water partition coefficient (Wildman–Crippen LogP) is 2.91. The summed E-state index contributed by atoms with van der Waals surface area (Å²) in [7, 11) is 0. The van der Waals surface area contributed by atoms with Crippen LogP contribution in [0.1, 0.15) is 20.3 Å². The summed E-state index contributed by atoms with van der Waals surface area (Å²) in [6.07, 6.45) is 2.00. The smallest absolute Gasteiger partial charge is 0.317 e. The summed E-state index contributed by atoms with van der Waals surface area (Å²) in [6, 6.07) is 5.89. The molecule has 0 spiro atoms. The predicted molar refractivity (Wildman–Crippen MR) is 77.0 cm³/mol. The van der Waals surface area contributed by atoms with Gasteiger partial charge < -0.3 is 10.1 Å². The first-order valence-corrected chi connectivity index (χ1v) is 6.95. The molecule has 5 heteroatoms. The monoisotopic (exact) mass is 291 g/mol. The van der Waals surface area contributed by atoms with Crippen LogP contribution in [-0.4, -0.2) is 18.4 Å². The van der Waals surface area contributed by atoms with Gasteiger partial charge in [-0.1, -0.05) is 6.92 Å². The average Bonchev–Trinajstić information content (AvgIpc) is 2.41. The Morgan fingerprint density at radius 2 is 2.05 bits per heavy atom. The van der Waals surface area contributed by atoms with E-state index in [-0.39, 0.29) is 24.1 Å². The minimum atomic E-state index is -0.733. The van der Waals surface area contributed by atoms with Crippen LogP contribution in [0.4, 0.5) is 10.1 Å². The third-order valence-corrected chi connectivity index (χ3v) is 3.42. The molecule has 0 radical (unpaired) electrons. The molecule has 2 rings (SSSR count). The van der Waals surface area contributed by atoms with Crippen molar-refractivity contribution in [3.05, 3.63) is 41.9 Å². The van der Waals surface area contributed by atoms with Crippen LogP contribution in [0.15, 0.2) is 36.0 Å². The molecule has 0 bridgehead atoms. The molecule has 0 saturated heterocycles. The zero-order chi connectivity index (χ0) is 15.4. The lowest BCUT2D eigenvalue weighted by atomic mass is 9.82. The molecule has 0 saturated carbocycles. The highest BCUT2D eigenvalue weighted by Gasteiger charge is 2.36. The number of allylic oxidation sites excluding steroid dienone is 2. The summed E-state index contributed by atoms with van der Waals surface area (Å²) in [5, 5.41) is 3.08. The number of anilines is 1. The third kappa shape index (κ3) is 3.68. The fraction of sp³-hybridized carbons (Fsp3) is 0.375. The molecule has 1 aromatic carbocycles. The largest absolute Gasteiger partial charge is 0.465 e. The highest BCUT2D eigenvalue weighted by atomic mass is 19.1. The molecule has 112 valence electrons. The number of esters is 1. The fourth-order valence-corrected chi connectivity index (χ4v) is 2.45. The van der Waals surface area contributed by atoms with Crippen LogP contribution in [0, 0.1) is 17.7 Å². The van der Waals surface area contributed by atoms with Gasteiger partial charge in [0.25, 0.3) is 0 Å². The maximum absolute atomic E-state index is 12.9. The molecule has 0 heterocycles. The molecule has 0 amide bonds. The number of hydrogen-bond acceptors (Lipinski definition) is 4. The SMILES string of the molecule is CCOC(=O)[C@@H]1C(=O)C=C(Nc2ccc(F)cc2)C[C@H]1C. The molecule has 0 fully saturated rings. The maximum Gasteiger partial charge on any atom is 0.317 e. The Bertz CT molecular complexity index is 565. The van der Waals surface area contributed by atoms with Crippen LogP contribution in [-0.2, 0) is 14.3 Å². The lowest BCUT2D eigenvalue weighted by Gasteiger charge is -2.26. The molecule has 4 nitrogen and oxygen atoms in total. The molecular weight excluding hydrogens is 273 g/mol. The molecular formula is C16H18FNO3. The number of benzene rings is 1. The Morgan fingerprint density at radius 3 is 2.62 bits per heavy atom. The number of rotatable bonds is 4. The fourth-order valence-electron chi connectivity index (χ4n) is 2.45. The van der Waals surface area contributed by atoms with E-state index in [1.807, 2.05) is 6.92 Å². The second kappa shape index (κ2) is 6.52. The zero-order valence-electron chi connectivity index (χ0n) is 12.1. The van der Waals surface area contributed by atoms with Crippen molar-refractivity contribution in [2.45, 2.75) is 20.3 Å². The zero-order valence-corrected chi connectivity index (χ0v) is 12.1. The van der Waals surface area contributed by atoms with Gasteiger partial charge in [0.05, 0.1) is 6.61 Å². The van der Waals surface area contributed by atoms with E-state index < -0.39 is 11.9 Å². The Hall–Kier alpha value is -2.17. The summed E-state index contributed by atoms with van der Waals surface area (Å²) < 4.78 is 17.8. The van der Waals surface area contributed by atoms with E-state index in [2.05, 4.69) is 5.32 Å². The van der Waals surface area contributed by atoms with Gasteiger partial charge in [-0.05, 0) is 43.5 Å². The Kier molecular flexibility index (Phi) is 4.73. The average molecular weight is 291 g/mol. The van der Waals surface area contributed by atoms with Gasteiger partial charge in [-0.2, -0.15) is 0 Å². The molecule has 1 aliphatic rings. The van der Waals surface area contributed by atoms with Crippen LogP contribution in [0.3, 0.4) is 0 Å². The van der Waals surface area contributed by atoms with Gasteiger partial charge in [0.2, 0.25) is 0 Å². The quantitative estimate of drug-likeness (QED) is 0.684. The topological polar surface area (TPSA) is 55.4 Å². The number of hydrogen-bond donors (Lipinski definition) is 1. The van der Waals surface area contributed by atoms with Crippen molar-refractivity contribution in [2.75, 3.05) is 11.9 Å². The molecule has 0 unspecified atom stereocenters. The summed E-state index contributed by atoms with van der Waals surface area (Å²) in [4.78, 5) is 23.9. The van der Waals surface area contributed by atoms with Crippen molar-refractivity contribution in [3.8, 4) is 0 Å². The molecule has 0 aliphatic heterocycles. The lowest BCUT2D eigenvalue weighted by Crippen LogP contribution is -2.34. The maximum atomic E-state index is 12.9. The van der Waals surface area contributed by atoms with E-state index in [9.17, 15) is 14.0 Å². The minimum Gasteiger partial charge on any atom is -0.465 e. The highest BCUT2D eigenvalue weighted by molar-refractivity contribution is 6.06. The number of carbonyl (C=O) groups is 2. The minimum absolute atomic E-state index is 0.135. The van der Waals surface area contributed by atoms with Crippen LogP contribution < -0.4 is 5.32 Å². The van der Waals surface area contributed by atoms with E-state index in [0.29, 0.717) is 12.1 Å². The number of nitrogens with one attached hydrogen (secondary N) is 1. The van der Waals surface area contributed by atoms with Crippen molar-refractivity contribution in [2.24, 2.45) is 11.8 Å². The number of ether oxygens (including phenoxy) is 1. The number of halogens is 1. The Balaban J connectivity index is 2.10. The van der Waals surface area contributed by atoms with E-state index in [1.165, 1.54) is 18.2 Å². The molecule has 1 aliphatic carbocycles. The summed E-state index contributed by atoms with van der Waals surface area (Å²) >= 11 is 0. The van der Waals surface area contributed by atoms with Crippen LogP contribution >= 0.6 is 0 Å². The van der Waals surface area contributed by atoms with E-state index >= 15 is 0 Å². The van der Waals surface area contributed by atoms with Gasteiger partial charge in [-0.25, -0.2) is 4.39 Å². The van der Waals surface area contributed by atoms with Gasteiger partial charge in [-0.3, -0.25) is 9.59 Å². The summed E-state index contributed by atoms with van der Waals surface area (Å²) in [6.45, 7) is 3.83. The van der Waals surface area contributed by atoms with E-state index in [4.69, 9.17) is 4.74 Å². The van der Waals surface area contributed by atoms with Crippen LogP contribution in [0.25, 0.3) is 0 Å². The Morgan fingerprint density at radius 1 is 1.38 bits per heavy atom. The number of ketones is 1. The first-order chi connectivity index (χ1) is 10.0. The summed E-state index contributed by atoms with van der Waals surface area (Å²) in [5.74, 6) is -1.90. The van der Waals surface area contributed by atoms with Crippen molar-refractivity contribution < 1.29 is 18.7 Å². The first-order valence-electron chi connectivity index (χ1n) is 6.95. The highest BCUT2D eigenvalue weighted by Crippen LogP contribution is 2.29. The van der Waals surface area contributed by atoms with Crippen molar-refractivity contribution in [1.29, 1.82) is 0 Å². The van der Waals surface area contributed by atoms with E-state index in [1.54, 1.807) is 19.1 Å². The summed E-state index contributed by atoms with van der Waals surface area (Å²) in [5.41, 5.74) is 1.43. The van der Waals surface area contributed by atoms with Gasteiger partial charge in [-0.15, -0.1) is 0 Å². The molecule has 21 heavy (non-hydrogen) atoms. The molecule has 1 N–H and O–H groups in total. The van der Waals surface area contributed by atoms with Crippen molar-refractivity contribution >= 4 is 17.4 Å². The van der Waals surface area contributed by atoms with Gasteiger partial charge in [0.1, 0.15) is 11.7 Å². The molecule has 1 aromatic rings. The van der Waals surface area contributed by atoms with Crippen LogP contribution in [0.2, 0.25) is 0 Å². The first kappa shape index (κ1) is 15.2. The van der Waals surface area contributed by atoms with Crippen LogP contribution in [0.5, 0.6) is 0 Å². The molecule has 2 atom stereocenters. The Labute approximate surface area is 123 Å². The second-order valence-corrected chi connectivity index (χ2v) is 5.11. The van der Waals surface area contributed by atoms with Crippen molar-refractivity contribution in [3.63, 3.8) is 0 Å². The van der Waals surface area contributed by atoms with Crippen molar-refractivity contribution in [1.82, 2.24) is 0 Å². The lowest BCUT2D eigenvalue weighted by molar-refractivity contribution is -0.152. The van der Waals surface area contributed by atoms with E-state index in [0.717, 1.165) is 5.70 Å². The van der Waals surface area contributed by atoms with Gasteiger partial charge >= 0.3 is 5.97 Å². The standard InChI is InChI=1S/C16H18FNO3/c1-3-21-16(20)15-10(2)8-13(9-14(15)19)18-12-6-4-11(17)5-7-12/h4-7,9-10,15,18H,3,8H2,1-2H3/t10-,15+/m1/s1. The molecule has 0 aromatic heterocycles. The second-order valence-electron chi connectivity index (χ2n) is 5.11. The normalized spacial score (nSPS) is 21.7. The van der Waals surface area contributed by atoms with Gasteiger partial charge in [0.15, 0.2) is 5.78 Å². The number of carbonyl (C=O) groups excluding carboxylic acids is 2.